The van der Waals surface area contributed by atoms with Gasteiger partial charge in [0.05, 0.1) is 0 Å². The number of allylic oxidation sites excluding steroid dienone is 1. The lowest BCUT2D eigenvalue weighted by molar-refractivity contribution is 0.214. The first kappa shape index (κ1) is 15.8. The van der Waals surface area contributed by atoms with Crippen molar-refractivity contribution >= 4 is 0 Å². The van der Waals surface area contributed by atoms with E-state index in [2.05, 4.69) is 25.9 Å². The lowest BCUT2D eigenvalue weighted by Crippen LogP contribution is -2.35. The molecule has 0 aliphatic heterocycles. The normalized spacial score (nSPS) is 25.9. The SMILES string of the molecule is C=CCCCCCC(NC)C1CCC(CC)CC1. The number of hydrogen-bond donors (Lipinski definition) is 1. The number of nitrogens with one attached hydrogen (secondary N) is 1. The van der Waals surface area contributed by atoms with E-state index in [4.69, 9.17) is 0 Å². The van der Waals surface area contributed by atoms with E-state index >= 15 is 0 Å². The molecule has 1 N–H and O–H groups in total. The minimum atomic E-state index is 0.770. The zero-order valence-corrected chi connectivity index (χ0v) is 12.6. The quantitative estimate of drug-likeness (QED) is 0.453. The van der Waals surface area contributed by atoms with Crippen LogP contribution in [0.25, 0.3) is 0 Å². The van der Waals surface area contributed by atoms with Crippen molar-refractivity contribution in [1.82, 2.24) is 5.32 Å². The van der Waals surface area contributed by atoms with Crippen molar-refractivity contribution in [3.05, 3.63) is 12.7 Å². The average Bonchev–Trinajstić information content (AvgIpc) is 2.43. The molecule has 1 atom stereocenters. The Morgan fingerprint density at radius 1 is 1.17 bits per heavy atom. The molecule has 0 bridgehead atoms. The maximum Gasteiger partial charge on any atom is 0.00923 e. The molecule has 1 rings (SSSR count). The topological polar surface area (TPSA) is 12.0 Å². The molecule has 1 unspecified atom stereocenters. The van der Waals surface area contributed by atoms with Gasteiger partial charge in [-0.05, 0) is 51.0 Å². The van der Waals surface area contributed by atoms with E-state index in [0.29, 0.717) is 0 Å². The molecule has 0 aromatic heterocycles. The Balaban J connectivity index is 2.18. The van der Waals surface area contributed by atoms with Crippen LogP contribution in [0, 0.1) is 11.8 Å². The van der Waals surface area contributed by atoms with Gasteiger partial charge in [0.25, 0.3) is 0 Å². The van der Waals surface area contributed by atoms with Crippen molar-refractivity contribution in [2.24, 2.45) is 11.8 Å². The van der Waals surface area contributed by atoms with Crippen LogP contribution in [0.1, 0.15) is 71.1 Å². The summed E-state index contributed by atoms with van der Waals surface area (Å²) in [6, 6.07) is 0.770. The van der Waals surface area contributed by atoms with E-state index in [9.17, 15) is 0 Å². The van der Waals surface area contributed by atoms with Crippen LogP contribution >= 0.6 is 0 Å². The third-order valence-electron chi connectivity index (χ3n) is 4.83. The largest absolute Gasteiger partial charge is 0.317 e. The maximum absolute atomic E-state index is 3.79. The molecule has 18 heavy (non-hydrogen) atoms. The van der Waals surface area contributed by atoms with Gasteiger partial charge >= 0.3 is 0 Å². The van der Waals surface area contributed by atoms with Gasteiger partial charge in [-0.3, -0.25) is 0 Å². The van der Waals surface area contributed by atoms with Crippen molar-refractivity contribution in [2.45, 2.75) is 77.2 Å². The van der Waals surface area contributed by atoms with Crippen LogP contribution in [0.2, 0.25) is 0 Å². The first-order chi connectivity index (χ1) is 8.81. The molecule has 0 saturated heterocycles. The van der Waals surface area contributed by atoms with Crippen LogP contribution < -0.4 is 5.32 Å². The van der Waals surface area contributed by atoms with Crippen molar-refractivity contribution in [2.75, 3.05) is 7.05 Å². The third-order valence-corrected chi connectivity index (χ3v) is 4.83. The van der Waals surface area contributed by atoms with Gasteiger partial charge in [-0.25, -0.2) is 0 Å². The van der Waals surface area contributed by atoms with Gasteiger partial charge in [0.15, 0.2) is 0 Å². The lowest BCUT2D eigenvalue weighted by atomic mass is 9.76. The Kier molecular flexibility index (Phi) is 8.41. The molecular formula is C17H33N. The van der Waals surface area contributed by atoms with Gasteiger partial charge in [-0.1, -0.05) is 45.1 Å². The van der Waals surface area contributed by atoms with Crippen molar-refractivity contribution in [3.8, 4) is 0 Å². The summed E-state index contributed by atoms with van der Waals surface area (Å²) in [7, 11) is 2.15. The molecule has 0 spiro atoms. The molecule has 0 aromatic rings. The highest BCUT2D eigenvalue weighted by atomic mass is 14.9. The summed E-state index contributed by atoms with van der Waals surface area (Å²) in [5.41, 5.74) is 0. The zero-order valence-electron chi connectivity index (χ0n) is 12.6. The summed E-state index contributed by atoms with van der Waals surface area (Å²) in [6.07, 6.45) is 15.9. The molecule has 1 heteroatoms. The van der Waals surface area contributed by atoms with Crippen molar-refractivity contribution in [1.29, 1.82) is 0 Å². The van der Waals surface area contributed by atoms with Crippen molar-refractivity contribution in [3.63, 3.8) is 0 Å². The van der Waals surface area contributed by atoms with Gasteiger partial charge in [0.1, 0.15) is 0 Å². The highest BCUT2D eigenvalue weighted by Crippen LogP contribution is 2.33. The van der Waals surface area contributed by atoms with Gasteiger partial charge < -0.3 is 5.32 Å². The lowest BCUT2D eigenvalue weighted by Gasteiger charge is -2.33. The van der Waals surface area contributed by atoms with E-state index < -0.39 is 0 Å². The fraction of sp³-hybridized carbons (Fsp3) is 0.882. The number of rotatable bonds is 9. The molecular weight excluding hydrogens is 218 g/mol. The summed E-state index contributed by atoms with van der Waals surface area (Å²) in [4.78, 5) is 0. The number of unbranched alkanes of at least 4 members (excludes halogenated alkanes) is 3. The molecule has 0 aromatic carbocycles. The van der Waals surface area contributed by atoms with Crippen molar-refractivity contribution < 1.29 is 0 Å². The molecule has 1 nitrogen and oxygen atoms in total. The second kappa shape index (κ2) is 9.61. The Morgan fingerprint density at radius 2 is 1.89 bits per heavy atom. The van der Waals surface area contributed by atoms with Crippen LogP contribution in [0.4, 0.5) is 0 Å². The van der Waals surface area contributed by atoms with E-state index in [1.165, 1.54) is 64.2 Å². The predicted octanol–water partition coefficient (Wildman–Crippen LogP) is 4.93. The fourth-order valence-electron chi connectivity index (χ4n) is 3.44. The second-order valence-electron chi connectivity index (χ2n) is 6.01. The fourth-order valence-corrected chi connectivity index (χ4v) is 3.44. The summed E-state index contributed by atoms with van der Waals surface area (Å²) in [6.45, 7) is 6.13. The highest BCUT2D eigenvalue weighted by Gasteiger charge is 2.25. The summed E-state index contributed by atoms with van der Waals surface area (Å²) < 4.78 is 0. The molecule has 1 fully saturated rings. The second-order valence-corrected chi connectivity index (χ2v) is 6.01. The Morgan fingerprint density at radius 3 is 2.44 bits per heavy atom. The highest BCUT2D eigenvalue weighted by molar-refractivity contribution is 4.81. The summed E-state index contributed by atoms with van der Waals surface area (Å²) >= 11 is 0. The van der Waals surface area contributed by atoms with Crippen LogP contribution in [-0.4, -0.2) is 13.1 Å². The van der Waals surface area contributed by atoms with Gasteiger partial charge in [0, 0.05) is 6.04 Å². The monoisotopic (exact) mass is 251 g/mol. The van der Waals surface area contributed by atoms with Crippen LogP contribution in [-0.2, 0) is 0 Å². The zero-order chi connectivity index (χ0) is 13.2. The smallest absolute Gasteiger partial charge is 0.00923 e. The molecule has 0 amide bonds. The third kappa shape index (κ3) is 5.56. The molecule has 106 valence electrons. The molecule has 1 aliphatic rings. The minimum Gasteiger partial charge on any atom is -0.317 e. The van der Waals surface area contributed by atoms with Crippen LogP contribution in [0.5, 0.6) is 0 Å². The summed E-state index contributed by atoms with van der Waals surface area (Å²) in [5, 5.41) is 3.58. The first-order valence-electron chi connectivity index (χ1n) is 8.10. The molecule has 1 saturated carbocycles. The van der Waals surface area contributed by atoms with E-state index in [1.54, 1.807) is 0 Å². The molecule has 1 aliphatic carbocycles. The van der Waals surface area contributed by atoms with E-state index in [1.807, 2.05) is 6.08 Å². The van der Waals surface area contributed by atoms with E-state index in [0.717, 1.165) is 17.9 Å². The summed E-state index contributed by atoms with van der Waals surface area (Å²) in [5.74, 6) is 1.96. The number of hydrogen-bond acceptors (Lipinski definition) is 1. The van der Waals surface area contributed by atoms with Crippen LogP contribution in [0.15, 0.2) is 12.7 Å². The first-order valence-corrected chi connectivity index (χ1v) is 8.10. The van der Waals surface area contributed by atoms with E-state index in [-0.39, 0.29) is 0 Å². The van der Waals surface area contributed by atoms with Crippen LogP contribution in [0.3, 0.4) is 0 Å². The maximum atomic E-state index is 3.79. The minimum absolute atomic E-state index is 0.770. The molecule has 0 radical (unpaired) electrons. The average molecular weight is 251 g/mol. The van der Waals surface area contributed by atoms with Gasteiger partial charge in [-0.15, -0.1) is 6.58 Å². The molecule has 0 heterocycles. The Bertz CT molecular complexity index is 204. The Labute approximate surface area is 114 Å². The van der Waals surface area contributed by atoms with Gasteiger partial charge in [0.2, 0.25) is 0 Å². The standard InChI is InChI=1S/C17H33N/c1-4-6-7-8-9-10-17(18-3)16-13-11-15(5-2)12-14-16/h4,15-18H,1,5-14H2,2-3H3. The Hall–Kier alpha value is -0.300. The van der Waals surface area contributed by atoms with Gasteiger partial charge in [-0.2, -0.15) is 0 Å². The predicted molar refractivity (Wildman–Crippen MR) is 81.9 cm³/mol.